The number of nitrogens with one attached hydrogen (secondary N) is 2. The van der Waals surface area contributed by atoms with Crippen LogP contribution in [0.15, 0.2) is 48.5 Å². The van der Waals surface area contributed by atoms with Crippen molar-refractivity contribution in [1.29, 1.82) is 0 Å². The monoisotopic (exact) mass is 438 g/mol. The molecule has 2 aromatic carbocycles. The number of fused-ring (bicyclic) bond motifs is 3. The number of hydrogen-bond donors (Lipinski definition) is 3. The molecule has 2 atom stereocenters. The van der Waals surface area contributed by atoms with Crippen LogP contribution >= 0.6 is 0 Å². The van der Waals surface area contributed by atoms with Gasteiger partial charge in [-0.1, -0.05) is 48.5 Å². The zero-order valence-electron chi connectivity index (χ0n) is 17.6. The quantitative estimate of drug-likeness (QED) is 0.491. The second-order valence-corrected chi connectivity index (χ2v) is 8.05. The molecule has 1 saturated carbocycles. The van der Waals surface area contributed by atoms with E-state index in [0.29, 0.717) is 13.0 Å². The molecule has 0 spiro atoms. The summed E-state index contributed by atoms with van der Waals surface area (Å²) in [5, 5.41) is 14.1. The molecule has 2 amide bonds. The van der Waals surface area contributed by atoms with Gasteiger partial charge in [0.25, 0.3) is 0 Å². The summed E-state index contributed by atoms with van der Waals surface area (Å²) < 4.78 is 10.7. The van der Waals surface area contributed by atoms with E-state index >= 15 is 0 Å². The van der Waals surface area contributed by atoms with E-state index in [9.17, 15) is 14.4 Å². The lowest BCUT2D eigenvalue weighted by Crippen LogP contribution is -2.32. The van der Waals surface area contributed by atoms with Gasteiger partial charge in [-0.05, 0) is 34.6 Å². The fourth-order valence-corrected chi connectivity index (χ4v) is 4.11. The number of alkyl carbamates (subject to hydrolysis) is 1. The number of ether oxygens (including phenoxy) is 2. The third kappa shape index (κ3) is 5.08. The number of carboxylic acid groups (broad SMARTS) is 1. The van der Waals surface area contributed by atoms with Crippen molar-refractivity contribution in [3.63, 3.8) is 0 Å². The number of hydrogen-bond acceptors (Lipinski definition) is 5. The number of amides is 2. The molecule has 2 aliphatic rings. The average Bonchev–Trinajstić information content (AvgIpc) is 3.52. The third-order valence-electron chi connectivity index (χ3n) is 5.89. The van der Waals surface area contributed by atoms with Crippen LogP contribution in [-0.4, -0.2) is 56.0 Å². The Balaban J connectivity index is 1.12. The smallest absolute Gasteiger partial charge is 0.407 e. The molecule has 0 unspecified atom stereocenters. The molecule has 8 nitrogen and oxygen atoms in total. The fourth-order valence-electron chi connectivity index (χ4n) is 4.11. The van der Waals surface area contributed by atoms with E-state index in [1.165, 1.54) is 11.1 Å². The van der Waals surface area contributed by atoms with Gasteiger partial charge in [0.1, 0.15) is 13.2 Å². The number of carbonyl (C=O) groups is 3. The van der Waals surface area contributed by atoms with Gasteiger partial charge in [-0.25, -0.2) is 4.79 Å². The van der Waals surface area contributed by atoms with Gasteiger partial charge in [-0.15, -0.1) is 0 Å². The van der Waals surface area contributed by atoms with E-state index in [1.807, 2.05) is 24.3 Å². The van der Waals surface area contributed by atoms with Gasteiger partial charge in [-0.3, -0.25) is 9.59 Å². The normalized spacial score (nSPS) is 18.4. The summed E-state index contributed by atoms with van der Waals surface area (Å²) >= 11 is 0. The summed E-state index contributed by atoms with van der Waals surface area (Å²) in [5.74, 6) is -1.47. The molecule has 0 aromatic heterocycles. The van der Waals surface area contributed by atoms with Crippen molar-refractivity contribution in [2.75, 3.05) is 32.9 Å². The van der Waals surface area contributed by atoms with Crippen LogP contribution in [0.25, 0.3) is 11.1 Å². The minimum Gasteiger partial charge on any atom is -0.481 e. The maximum absolute atomic E-state index is 12.1. The van der Waals surface area contributed by atoms with Crippen LogP contribution in [0, 0.1) is 11.8 Å². The van der Waals surface area contributed by atoms with Crippen molar-refractivity contribution in [2.24, 2.45) is 11.8 Å². The van der Waals surface area contributed by atoms with Crippen LogP contribution in [0.5, 0.6) is 0 Å². The lowest BCUT2D eigenvalue weighted by Gasteiger charge is -2.14. The summed E-state index contributed by atoms with van der Waals surface area (Å²) in [6, 6.07) is 16.3. The first-order chi connectivity index (χ1) is 15.5. The second-order valence-electron chi connectivity index (χ2n) is 8.05. The van der Waals surface area contributed by atoms with Gasteiger partial charge in [-0.2, -0.15) is 0 Å². The van der Waals surface area contributed by atoms with Crippen LogP contribution in [0.4, 0.5) is 4.79 Å². The molecule has 8 heteroatoms. The van der Waals surface area contributed by atoms with Crippen molar-refractivity contribution in [3.05, 3.63) is 59.7 Å². The summed E-state index contributed by atoms with van der Waals surface area (Å²) in [7, 11) is 0. The third-order valence-corrected chi connectivity index (χ3v) is 5.89. The second kappa shape index (κ2) is 9.82. The van der Waals surface area contributed by atoms with Crippen molar-refractivity contribution in [3.8, 4) is 11.1 Å². The molecule has 0 bridgehead atoms. The van der Waals surface area contributed by atoms with Gasteiger partial charge >= 0.3 is 12.1 Å². The zero-order chi connectivity index (χ0) is 22.5. The van der Waals surface area contributed by atoms with Crippen LogP contribution in [0.3, 0.4) is 0 Å². The standard InChI is InChI=1S/C24H26N2O6/c27-22(26-12-15-11-20(15)23(28)29)14-31-10-9-25-24(30)32-13-21-18-7-3-1-5-16(18)17-6-2-4-8-19(17)21/h1-8,15,20-21H,9-14H2,(H,25,30)(H,26,27)(H,28,29)/t15-,20-/m1/s1. The minimum atomic E-state index is -0.820. The van der Waals surface area contributed by atoms with Gasteiger partial charge < -0.3 is 25.2 Å². The predicted octanol–water partition coefficient (Wildman–Crippen LogP) is 2.38. The Morgan fingerprint density at radius 2 is 1.62 bits per heavy atom. The van der Waals surface area contributed by atoms with Crippen molar-refractivity contribution < 1.29 is 29.0 Å². The summed E-state index contributed by atoms with van der Waals surface area (Å²) in [5.41, 5.74) is 4.64. The van der Waals surface area contributed by atoms with E-state index in [4.69, 9.17) is 14.6 Å². The molecular weight excluding hydrogens is 412 g/mol. The molecule has 3 N–H and O–H groups in total. The Kier molecular flexibility index (Phi) is 6.70. The zero-order valence-corrected chi connectivity index (χ0v) is 17.6. The molecule has 1 fully saturated rings. The molecule has 2 aromatic rings. The van der Waals surface area contributed by atoms with Gasteiger partial charge in [0, 0.05) is 19.0 Å². The minimum absolute atomic E-state index is 0.000267. The lowest BCUT2D eigenvalue weighted by atomic mass is 9.98. The molecule has 4 rings (SSSR count). The predicted molar refractivity (Wildman–Crippen MR) is 116 cm³/mol. The highest BCUT2D eigenvalue weighted by Gasteiger charge is 2.42. The first-order valence-corrected chi connectivity index (χ1v) is 10.7. The first-order valence-electron chi connectivity index (χ1n) is 10.7. The molecular formula is C24H26N2O6. The number of carbonyl (C=O) groups excluding carboxylic acids is 2. The Morgan fingerprint density at radius 1 is 0.969 bits per heavy atom. The molecule has 0 aliphatic heterocycles. The van der Waals surface area contributed by atoms with Gasteiger partial charge in [0.15, 0.2) is 0 Å². The largest absolute Gasteiger partial charge is 0.481 e. The van der Waals surface area contributed by atoms with E-state index < -0.39 is 12.1 Å². The Hall–Kier alpha value is -3.39. The van der Waals surface area contributed by atoms with Crippen molar-refractivity contribution >= 4 is 18.0 Å². The number of rotatable bonds is 10. The van der Waals surface area contributed by atoms with E-state index in [2.05, 4.69) is 34.9 Å². The number of benzene rings is 2. The Morgan fingerprint density at radius 3 is 2.25 bits per heavy atom. The molecule has 32 heavy (non-hydrogen) atoms. The first kappa shape index (κ1) is 21.8. The number of carboxylic acids is 1. The summed E-state index contributed by atoms with van der Waals surface area (Å²) in [6.07, 6.45) is 0.0638. The van der Waals surface area contributed by atoms with Gasteiger partial charge in [0.05, 0.1) is 12.5 Å². The van der Waals surface area contributed by atoms with Crippen LogP contribution < -0.4 is 10.6 Å². The van der Waals surface area contributed by atoms with E-state index in [0.717, 1.165) is 11.1 Å². The molecule has 0 radical (unpaired) electrons. The topological polar surface area (TPSA) is 114 Å². The van der Waals surface area contributed by atoms with E-state index in [1.54, 1.807) is 0 Å². The van der Waals surface area contributed by atoms with E-state index in [-0.39, 0.29) is 50.0 Å². The Bertz CT molecular complexity index is 962. The molecule has 168 valence electrons. The Labute approximate surface area is 185 Å². The molecule has 0 saturated heterocycles. The summed E-state index contributed by atoms with van der Waals surface area (Å²) in [6.45, 7) is 0.822. The number of aliphatic carboxylic acids is 1. The van der Waals surface area contributed by atoms with Crippen LogP contribution in [-0.2, 0) is 19.1 Å². The summed E-state index contributed by atoms with van der Waals surface area (Å²) in [4.78, 5) is 34.5. The average molecular weight is 438 g/mol. The highest BCUT2D eigenvalue weighted by atomic mass is 16.5. The SMILES string of the molecule is O=C(COCCNC(=O)OCC1c2ccccc2-c2ccccc21)NC[C@H]1C[C@H]1C(=O)O. The van der Waals surface area contributed by atoms with Crippen molar-refractivity contribution in [1.82, 2.24) is 10.6 Å². The highest BCUT2D eigenvalue weighted by Crippen LogP contribution is 2.44. The maximum atomic E-state index is 12.1. The lowest BCUT2D eigenvalue weighted by molar-refractivity contribution is -0.139. The fraction of sp³-hybridized carbons (Fsp3) is 0.375. The maximum Gasteiger partial charge on any atom is 0.407 e. The van der Waals surface area contributed by atoms with Gasteiger partial charge in [0.2, 0.25) is 5.91 Å². The molecule has 2 aliphatic carbocycles. The molecule has 0 heterocycles. The van der Waals surface area contributed by atoms with Crippen LogP contribution in [0.1, 0.15) is 23.5 Å². The highest BCUT2D eigenvalue weighted by molar-refractivity contribution is 5.79. The van der Waals surface area contributed by atoms with Crippen molar-refractivity contribution in [2.45, 2.75) is 12.3 Å². The van der Waals surface area contributed by atoms with Crippen LogP contribution in [0.2, 0.25) is 0 Å².